The first-order valence-electron chi connectivity index (χ1n) is 7.27. The zero-order valence-electron chi connectivity index (χ0n) is 12.6. The van der Waals surface area contributed by atoms with Crippen molar-refractivity contribution in [2.24, 2.45) is 0 Å². The highest BCUT2D eigenvalue weighted by Gasteiger charge is 2.22. The molecule has 0 aliphatic rings. The van der Waals surface area contributed by atoms with Gasteiger partial charge in [0.05, 0.1) is 5.69 Å². The average molecular weight is 268 g/mol. The lowest BCUT2D eigenvalue weighted by Gasteiger charge is -2.29. The number of hydrogen-bond acceptors (Lipinski definition) is 2. The van der Waals surface area contributed by atoms with Gasteiger partial charge in [-0.2, -0.15) is 0 Å². The molecule has 0 fully saturated rings. The minimum Gasteiger partial charge on any atom is -0.309 e. The number of hydrogen-bond donors (Lipinski definition) is 1. The highest BCUT2D eigenvalue weighted by Crippen LogP contribution is 2.28. The van der Waals surface area contributed by atoms with Gasteiger partial charge in [0.15, 0.2) is 0 Å². The smallest absolute Gasteiger partial charge is 0.0541 e. The minimum atomic E-state index is 0.178. The lowest BCUT2D eigenvalue weighted by Crippen LogP contribution is -2.33. The third-order valence-corrected chi connectivity index (χ3v) is 3.73. The number of aromatic nitrogens is 1. The average Bonchev–Trinajstić information content (AvgIpc) is 2.47. The maximum absolute atomic E-state index is 4.34. The zero-order valence-corrected chi connectivity index (χ0v) is 12.6. The third kappa shape index (κ3) is 4.17. The molecule has 1 N–H and O–H groups in total. The van der Waals surface area contributed by atoms with Crippen LogP contribution in [0.1, 0.15) is 38.4 Å². The Balaban J connectivity index is 1.89. The molecule has 1 atom stereocenters. The largest absolute Gasteiger partial charge is 0.309 e. The Kier molecular flexibility index (Phi) is 4.91. The van der Waals surface area contributed by atoms with Crippen molar-refractivity contribution >= 4 is 0 Å². The maximum atomic E-state index is 4.34. The summed E-state index contributed by atoms with van der Waals surface area (Å²) >= 11 is 0. The van der Waals surface area contributed by atoms with Crippen LogP contribution in [0.2, 0.25) is 0 Å². The summed E-state index contributed by atoms with van der Waals surface area (Å²) in [6.07, 6.45) is 2.94. The van der Waals surface area contributed by atoms with Gasteiger partial charge in [0, 0.05) is 18.8 Å². The standard InChI is InChI=1S/C18H24N2/c1-15(20-14-17-11-7-8-12-19-17)13-18(2,3)16-9-5-4-6-10-16/h4-12,15,20H,13-14H2,1-3H3. The number of nitrogens with one attached hydrogen (secondary N) is 1. The number of nitrogens with zero attached hydrogens (tertiary/aromatic N) is 1. The van der Waals surface area contributed by atoms with E-state index >= 15 is 0 Å². The fraction of sp³-hybridized carbons (Fsp3) is 0.389. The molecule has 106 valence electrons. The molecule has 0 saturated carbocycles. The lowest BCUT2D eigenvalue weighted by atomic mass is 9.79. The second kappa shape index (κ2) is 6.67. The topological polar surface area (TPSA) is 24.9 Å². The molecular formula is C18H24N2. The van der Waals surface area contributed by atoms with Gasteiger partial charge in [-0.3, -0.25) is 4.98 Å². The predicted molar refractivity (Wildman–Crippen MR) is 84.6 cm³/mol. The second-order valence-corrected chi connectivity index (χ2v) is 6.06. The van der Waals surface area contributed by atoms with E-state index in [0.29, 0.717) is 6.04 Å². The van der Waals surface area contributed by atoms with Crippen LogP contribution in [0.15, 0.2) is 54.7 Å². The molecule has 2 heteroatoms. The molecule has 0 bridgehead atoms. The Morgan fingerprint density at radius 1 is 1.05 bits per heavy atom. The SMILES string of the molecule is CC(CC(C)(C)c1ccccc1)NCc1ccccn1. The number of benzene rings is 1. The molecule has 0 saturated heterocycles. The summed E-state index contributed by atoms with van der Waals surface area (Å²) < 4.78 is 0. The van der Waals surface area contributed by atoms with E-state index in [2.05, 4.69) is 67.5 Å². The first-order valence-corrected chi connectivity index (χ1v) is 7.27. The summed E-state index contributed by atoms with van der Waals surface area (Å²) in [5, 5.41) is 3.56. The Morgan fingerprint density at radius 3 is 2.40 bits per heavy atom. The van der Waals surface area contributed by atoms with Gasteiger partial charge < -0.3 is 5.32 Å². The van der Waals surface area contributed by atoms with Crippen LogP contribution in [-0.2, 0) is 12.0 Å². The summed E-state index contributed by atoms with van der Waals surface area (Å²) in [4.78, 5) is 4.34. The van der Waals surface area contributed by atoms with Gasteiger partial charge in [-0.1, -0.05) is 50.2 Å². The van der Waals surface area contributed by atoms with E-state index in [1.54, 1.807) is 0 Å². The Bertz CT molecular complexity index is 505. The van der Waals surface area contributed by atoms with E-state index in [4.69, 9.17) is 0 Å². The van der Waals surface area contributed by atoms with Gasteiger partial charge in [-0.15, -0.1) is 0 Å². The molecule has 2 aromatic rings. The van der Waals surface area contributed by atoms with Crippen molar-refractivity contribution in [1.29, 1.82) is 0 Å². The van der Waals surface area contributed by atoms with Gasteiger partial charge in [-0.25, -0.2) is 0 Å². The van der Waals surface area contributed by atoms with Crippen molar-refractivity contribution in [3.8, 4) is 0 Å². The van der Waals surface area contributed by atoms with E-state index < -0.39 is 0 Å². The number of pyridine rings is 1. The molecule has 0 spiro atoms. The van der Waals surface area contributed by atoms with Crippen molar-refractivity contribution in [3.63, 3.8) is 0 Å². The zero-order chi connectivity index (χ0) is 14.4. The van der Waals surface area contributed by atoms with Crippen LogP contribution in [0.25, 0.3) is 0 Å². The normalized spacial score (nSPS) is 13.2. The fourth-order valence-electron chi connectivity index (χ4n) is 2.63. The van der Waals surface area contributed by atoms with E-state index in [-0.39, 0.29) is 5.41 Å². The molecule has 2 rings (SSSR count). The summed E-state index contributed by atoms with van der Waals surface area (Å²) in [6.45, 7) is 7.68. The Labute approximate surface area is 122 Å². The van der Waals surface area contributed by atoms with Gasteiger partial charge in [-0.05, 0) is 36.5 Å². The van der Waals surface area contributed by atoms with Crippen molar-refractivity contribution in [3.05, 3.63) is 66.0 Å². The van der Waals surface area contributed by atoms with Crippen LogP contribution >= 0.6 is 0 Å². The van der Waals surface area contributed by atoms with Crippen molar-refractivity contribution in [2.45, 2.75) is 45.2 Å². The summed E-state index contributed by atoms with van der Waals surface area (Å²) in [7, 11) is 0. The molecule has 0 radical (unpaired) electrons. The first-order chi connectivity index (χ1) is 9.58. The third-order valence-electron chi connectivity index (χ3n) is 3.73. The van der Waals surface area contributed by atoms with Crippen molar-refractivity contribution in [2.75, 3.05) is 0 Å². The molecule has 1 aromatic heterocycles. The van der Waals surface area contributed by atoms with Crippen LogP contribution in [0.5, 0.6) is 0 Å². The maximum Gasteiger partial charge on any atom is 0.0541 e. The fourth-order valence-corrected chi connectivity index (χ4v) is 2.63. The highest BCUT2D eigenvalue weighted by atomic mass is 14.9. The molecule has 1 heterocycles. The van der Waals surface area contributed by atoms with Crippen LogP contribution in [0.4, 0.5) is 0 Å². The van der Waals surface area contributed by atoms with Gasteiger partial charge in [0.2, 0.25) is 0 Å². The lowest BCUT2D eigenvalue weighted by molar-refractivity contribution is 0.387. The second-order valence-electron chi connectivity index (χ2n) is 6.06. The highest BCUT2D eigenvalue weighted by molar-refractivity contribution is 5.23. The van der Waals surface area contributed by atoms with Crippen molar-refractivity contribution < 1.29 is 0 Å². The van der Waals surface area contributed by atoms with E-state index in [0.717, 1.165) is 18.7 Å². The molecule has 0 aliphatic heterocycles. The van der Waals surface area contributed by atoms with E-state index in [9.17, 15) is 0 Å². The molecule has 2 nitrogen and oxygen atoms in total. The van der Waals surface area contributed by atoms with Crippen LogP contribution < -0.4 is 5.32 Å². The summed E-state index contributed by atoms with van der Waals surface area (Å²) in [5.74, 6) is 0. The molecule has 0 amide bonds. The van der Waals surface area contributed by atoms with Crippen LogP contribution in [0.3, 0.4) is 0 Å². The van der Waals surface area contributed by atoms with Crippen LogP contribution in [-0.4, -0.2) is 11.0 Å². The molecule has 1 unspecified atom stereocenters. The molecule has 20 heavy (non-hydrogen) atoms. The van der Waals surface area contributed by atoms with Gasteiger partial charge >= 0.3 is 0 Å². The van der Waals surface area contributed by atoms with Crippen molar-refractivity contribution in [1.82, 2.24) is 10.3 Å². The van der Waals surface area contributed by atoms with E-state index in [1.807, 2.05) is 18.3 Å². The minimum absolute atomic E-state index is 0.178. The Morgan fingerprint density at radius 2 is 1.75 bits per heavy atom. The van der Waals surface area contributed by atoms with Gasteiger partial charge in [0.1, 0.15) is 0 Å². The monoisotopic (exact) mass is 268 g/mol. The molecule has 1 aromatic carbocycles. The first kappa shape index (κ1) is 14.7. The van der Waals surface area contributed by atoms with E-state index in [1.165, 1.54) is 5.56 Å². The van der Waals surface area contributed by atoms with Crippen LogP contribution in [0, 0.1) is 0 Å². The van der Waals surface area contributed by atoms with Gasteiger partial charge in [0.25, 0.3) is 0 Å². The molecular weight excluding hydrogens is 244 g/mol. The summed E-state index contributed by atoms with van der Waals surface area (Å²) in [5.41, 5.74) is 2.67. The molecule has 0 aliphatic carbocycles. The predicted octanol–water partition coefficient (Wildman–Crippen LogP) is 3.93. The summed E-state index contributed by atoms with van der Waals surface area (Å²) in [6, 6.07) is 17.2. The quantitative estimate of drug-likeness (QED) is 0.858. The Hall–Kier alpha value is -1.67. The number of rotatable bonds is 6.